The quantitative estimate of drug-likeness (QED) is 0.802. The van der Waals surface area contributed by atoms with Crippen molar-refractivity contribution in [3.63, 3.8) is 0 Å². The summed E-state index contributed by atoms with van der Waals surface area (Å²) in [5.74, 6) is 0.237. The average Bonchev–Trinajstić information content (AvgIpc) is 2.65. The Morgan fingerprint density at radius 1 is 1.47 bits per heavy atom. The number of aromatic nitrogens is 1. The Kier molecular flexibility index (Phi) is 3.46. The Bertz CT molecular complexity index is 332. The second kappa shape index (κ2) is 4.84. The fourth-order valence-corrected chi connectivity index (χ4v) is 2.78. The van der Waals surface area contributed by atoms with E-state index >= 15 is 0 Å². The molecule has 1 aliphatic carbocycles. The van der Waals surface area contributed by atoms with Gasteiger partial charge in [0.2, 0.25) is 5.95 Å². The second-order valence-corrected chi connectivity index (χ2v) is 5.00. The van der Waals surface area contributed by atoms with Crippen molar-refractivity contribution in [2.24, 2.45) is 0 Å². The van der Waals surface area contributed by atoms with Gasteiger partial charge in [0.05, 0.1) is 0 Å². The molecule has 1 aromatic heterocycles. The highest BCUT2D eigenvalue weighted by molar-refractivity contribution is 7.99. The lowest BCUT2D eigenvalue weighted by atomic mass is 10.2. The average molecular weight is 226 g/mol. The van der Waals surface area contributed by atoms with E-state index in [1.165, 1.54) is 12.5 Å². The Hall–Kier alpha value is -0.770. The van der Waals surface area contributed by atoms with Gasteiger partial charge in [-0.15, -0.1) is 0 Å². The normalized spacial score (nSPS) is 25.5. The first-order valence-corrected chi connectivity index (χ1v) is 6.48. The molecule has 1 saturated carbocycles. The van der Waals surface area contributed by atoms with E-state index in [1.807, 2.05) is 17.8 Å². The first kappa shape index (κ1) is 10.7. The molecule has 2 unspecified atom stereocenters. The minimum Gasteiger partial charge on any atom is -0.367 e. The van der Waals surface area contributed by atoms with Gasteiger partial charge in [-0.3, -0.25) is 0 Å². The summed E-state index contributed by atoms with van der Waals surface area (Å²) in [6.45, 7) is 0. The summed E-state index contributed by atoms with van der Waals surface area (Å²) in [7, 11) is 0. The van der Waals surface area contributed by atoms with E-state index in [0.717, 1.165) is 18.1 Å². The van der Waals surface area contributed by atoms with Crippen molar-refractivity contribution in [3.05, 3.63) is 24.1 Å². The number of anilines is 1. The Morgan fingerprint density at radius 2 is 2.33 bits per heavy atom. The van der Waals surface area contributed by atoms with Crippen LogP contribution in [0.4, 0.5) is 10.2 Å². The van der Waals surface area contributed by atoms with Crippen molar-refractivity contribution >= 4 is 17.6 Å². The third-order valence-electron chi connectivity index (χ3n) is 2.78. The summed E-state index contributed by atoms with van der Waals surface area (Å²) >= 11 is 1.92. The summed E-state index contributed by atoms with van der Waals surface area (Å²) in [5, 5.41) is 4.03. The minimum atomic E-state index is -0.417. The van der Waals surface area contributed by atoms with Gasteiger partial charge in [-0.1, -0.05) is 6.07 Å². The van der Waals surface area contributed by atoms with Crippen LogP contribution in [-0.4, -0.2) is 22.5 Å². The summed E-state index contributed by atoms with van der Waals surface area (Å²) in [5.41, 5.74) is 0. The molecular weight excluding hydrogens is 211 g/mol. The molecule has 0 aliphatic heterocycles. The van der Waals surface area contributed by atoms with Gasteiger partial charge in [0.15, 0.2) is 0 Å². The Labute approximate surface area is 93.7 Å². The number of hydrogen-bond acceptors (Lipinski definition) is 3. The van der Waals surface area contributed by atoms with Crippen molar-refractivity contribution in [3.8, 4) is 0 Å². The monoisotopic (exact) mass is 226 g/mol. The van der Waals surface area contributed by atoms with Crippen molar-refractivity contribution in [2.45, 2.75) is 30.6 Å². The van der Waals surface area contributed by atoms with Crippen LogP contribution < -0.4 is 5.32 Å². The molecule has 0 amide bonds. The summed E-state index contributed by atoms with van der Waals surface area (Å²) in [6.07, 6.45) is 5.70. The van der Waals surface area contributed by atoms with E-state index in [0.29, 0.717) is 11.9 Å². The third kappa shape index (κ3) is 2.84. The summed E-state index contributed by atoms with van der Waals surface area (Å²) in [4.78, 5) is 3.80. The van der Waals surface area contributed by atoms with Crippen LogP contribution in [0.3, 0.4) is 0 Å². The zero-order valence-corrected chi connectivity index (χ0v) is 9.56. The zero-order valence-electron chi connectivity index (χ0n) is 8.74. The molecule has 82 valence electrons. The minimum absolute atomic E-state index is 0.417. The zero-order chi connectivity index (χ0) is 10.7. The standard InChI is InChI=1S/C11H15FN2S/c1-15-9-6-5-8(7-9)13-11-4-2-3-10(12)14-11/h2-4,8-9H,5-7H2,1H3,(H,13,14). The Morgan fingerprint density at radius 3 is 3.00 bits per heavy atom. The summed E-state index contributed by atoms with van der Waals surface area (Å²) in [6, 6.07) is 5.32. The van der Waals surface area contributed by atoms with Crippen LogP contribution in [0.15, 0.2) is 18.2 Å². The molecule has 0 aromatic carbocycles. The van der Waals surface area contributed by atoms with Crippen LogP contribution in [0.1, 0.15) is 19.3 Å². The number of hydrogen-bond donors (Lipinski definition) is 1. The van der Waals surface area contributed by atoms with E-state index in [2.05, 4.69) is 16.6 Å². The van der Waals surface area contributed by atoms with Crippen molar-refractivity contribution in [1.82, 2.24) is 4.98 Å². The summed E-state index contributed by atoms with van der Waals surface area (Å²) < 4.78 is 12.8. The van der Waals surface area contributed by atoms with E-state index in [9.17, 15) is 4.39 Å². The van der Waals surface area contributed by atoms with Gasteiger partial charge in [-0.05, 0) is 37.7 Å². The number of pyridine rings is 1. The van der Waals surface area contributed by atoms with Gasteiger partial charge in [-0.25, -0.2) is 4.98 Å². The maximum Gasteiger partial charge on any atom is 0.214 e. The number of thioether (sulfide) groups is 1. The molecule has 2 rings (SSSR count). The smallest absolute Gasteiger partial charge is 0.214 e. The highest BCUT2D eigenvalue weighted by atomic mass is 32.2. The number of rotatable bonds is 3. The molecule has 2 atom stereocenters. The molecule has 1 aromatic rings. The van der Waals surface area contributed by atoms with Gasteiger partial charge in [0.25, 0.3) is 0 Å². The molecule has 15 heavy (non-hydrogen) atoms. The van der Waals surface area contributed by atoms with Crippen molar-refractivity contribution < 1.29 is 4.39 Å². The third-order valence-corrected chi connectivity index (χ3v) is 3.88. The van der Waals surface area contributed by atoms with E-state index in [1.54, 1.807) is 6.07 Å². The second-order valence-electron chi connectivity index (χ2n) is 3.86. The maximum absolute atomic E-state index is 12.8. The molecular formula is C11H15FN2S. The molecule has 4 heteroatoms. The van der Waals surface area contributed by atoms with E-state index in [-0.39, 0.29) is 0 Å². The maximum atomic E-state index is 12.8. The number of nitrogens with zero attached hydrogens (tertiary/aromatic N) is 1. The van der Waals surface area contributed by atoms with Crippen LogP contribution in [0.25, 0.3) is 0 Å². The fourth-order valence-electron chi connectivity index (χ4n) is 1.98. The highest BCUT2D eigenvalue weighted by Gasteiger charge is 2.23. The van der Waals surface area contributed by atoms with Gasteiger partial charge in [0, 0.05) is 11.3 Å². The first-order valence-electron chi connectivity index (χ1n) is 5.20. The van der Waals surface area contributed by atoms with Crippen LogP contribution in [0.5, 0.6) is 0 Å². The van der Waals surface area contributed by atoms with Crippen molar-refractivity contribution in [1.29, 1.82) is 0 Å². The number of halogens is 1. The van der Waals surface area contributed by atoms with Gasteiger partial charge >= 0.3 is 0 Å². The molecule has 1 heterocycles. The molecule has 1 aliphatic rings. The van der Waals surface area contributed by atoms with Crippen LogP contribution in [-0.2, 0) is 0 Å². The van der Waals surface area contributed by atoms with Crippen LogP contribution in [0.2, 0.25) is 0 Å². The van der Waals surface area contributed by atoms with Crippen molar-refractivity contribution in [2.75, 3.05) is 11.6 Å². The topological polar surface area (TPSA) is 24.9 Å². The molecule has 1 N–H and O–H groups in total. The van der Waals surface area contributed by atoms with Gasteiger partial charge < -0.3 is 5.32 Å². The molecule has 0 radical (unpaired) electrons. The molecule has 1 fully saturated rings. The predicted octanol–water partition coefficient (Wildman–Crippen LogP) is 2.92. The lowest BCUT2D eigenvalue weighted by Gasteiger charge is -2.13. The van der Waals surface area contributed by atoms with Crippen LogP contribution >= 0.6 is 11.8 Å². The lowest BCUT2D eigenvalue weighted by Crippen LogP contribution is -2.16. The molecule has 0 bridgehead atoms. The fraction of sp³-hybridized carbons (Fsp3) is 0.545. The first-order chi connectivity index (χ1) is 7.28. The molecule has 2 nitrogen and oxygen atoms in total. The lowest BCUT2D eigenvalue weighted by molar-refractivity contribution is 0.583. The Balaban J connectivity index is 1.92. The van der Waals surface area contributed by atoms with E-state index in [4.69, 9.17) is 0 Å². The SMILES string of the molecule is CSC1CCC(Nc2cccc(F)n2)C1. The van der Waals surface area contributed by atoms with E-state index < -0.39 is 5.95 Å². The molecule has 0 saturated heterocycles. The predicted molar refractivity (Wildman–Crippen MR) is 62.8 cm³/mol. The number of nitrogens with one attached hydrogen (secondary N) is 1. The van der Waals surface area contributed by atoms with Gasteiger partial charge in [0.1, 0.15) is 5.82 Å². The van der Waals surface area contributed by atoms with Gasteiger partial charge in [-0.2, -0.15) is 16.2 Å². The van der Waals surface area contributed by atoms with Crippen LogP contribution in [0, 0.1) is 5.95 Å². The highest BCUT2D eigenvalue weighted by Crippen LogP contribution is 2.29. The largest absolute Gasteiger partial charge is 0.367 e. The molecule has 0 spiro atoms.